The first-order valence-electron chi connectivity index (χ1n) is 6.81. The van der Waals surface area contributed by atoms with Crippen molar-refractivity contribution in [1.82, 2.24) is 14.5 Å². The third-order valence-electron chi connectivity index (χ3n) is 4.26. The number of nitrogens with zero attached hydrogens (tertiary/aromatic N) is 3. The molecule has 1 aromatic rings. The molecule has 2 rings (SSSR count). The van der Waals surface area contributed by atoms with Crippen molar-refractivity contribution in [3.63, 3.8) is 0 Å². The molecule has 5 nitrogen and oxygen atoms in total. The van der Waals surface area contributed by atoms with Gasteiger partial charge in [0.2, 0.25) is 0 Å². The van der Waals surface area contributed by atoms with Crippen LogP contribution in [0, 0.1) is 6.92 Å². The van der Waals surface area contributed by atoms with E-state index in [2.05, 4.69) is 16.5 Å². The van der Waals surface area contributed by atoms with Gasteiger partial charge in [-0.25, -0.2) is 13.4 Å². The van der Waals surface area contributed by atoms with Gasteiger partial charge in [0.25, 0.3) is 0 Å². The van der Waals surface area contributed by atoms with E-state index in [1.807, 2.05) is 37.7 Å². The van der Waals surface area contributed by atoms with Gasteiger partial charge in [-0.15, -0.1) is 6.58 Å². The molecule has 0 radical (unpaired) electrons. The lowest BCUT2D eigenvalue weighted by Gasteiger charge is -2.36. The summed E-state index contributed by atoms with van der Waals surface area (Å²) in [4.78, 5) is 6.49. The topological polar surface area (TPSA) is 55.2 Å². The summed E-state index contributed by atoms with van der Waals surface area (Å²) in [6, 6.07) is 0. The van der Waals surface area contributed by atoms with Crippen molar-refractivity contribution in [3.05, 3.63) is 30.4 Å². The minimum atomic E-state index is -2.91. The Bertz CT molecular complexity index is 606. The van der Waals surface area contributed by atoms with E-state index in [0.29, 0.717) is 19.5 Å². The minimum absolute atomic E-state index is 0.227. The molecule has 1 fully saturated rings. The van der Waals surface area contributed by atoms with Crippen molar-refractivity contribution in [3.8, 4) is 0 Å². The zero-order valence-electron chi connectivity index (χ0n) is 12.5. The molecule has 2 heterocycles. The fourth-order valence-corrected chi connectivity index (χ4v) is 4.94. The van der Waals surface area contributed by atoms with Crippen LogP contribution >= 0.6 is 0 Å². The number of hydrogen-bond donors (Lipinski definition) is 0. The van der Waals surface area contributed by atoms with Crippen molar-refractivity contribution in [2.24, 2.45) is 7.05 Å². The van der Waals surface area contributed by atoms with Gasteiger partial charge in [-0.05, 0) is 20.3 Å². The smallest absolute Gasteiger partial charge is 0.152 e. The van der Waals surface area contributed by atoms with Crippen LogP contribution in [-0.4, -0.2) is 46.5 Å². The second-order valence-corrected chi connectivity index (χ2v) is 8.05. The van der Waals surface area contributed by atoms with Gasteiger partial charge < -0.3 is 4.57 Å². The maximum Gasteiger partial charge on any atom is 0.152 e. The molecule has 1 aliphatic heterocycles. The normalized spacial score (nSPS) is 25.2. The molecule has 6 heteroatoms. The highest BCUT2D eigenvalue weighted by Gasteiger charge is 2.42. The largest absolute Gasteiger partial charge is 0.334 e. The summed E-state index contributed by atoms with van der Waals surface area (Å²) in [5.41, 5.74) is 0.778. The van der Waals surface area contributed by atoms with Crippen LogP contribution in [0.1, 0.15) is 24.9 Å². The van der Waals surface area contributed by atoms with Crippen LogP contribution in [0.3, 0.4) is 0 Å². The number of aromatic nitrogens is 2. The Labute approximate surface area is 121 Å². The standard InChI is InChI=1S/C14H23N3O2S/c1-5-7-17(10-13-9-15-12(2)16(13)4)14(3)6-8-20(18,19)11-14/h5,9H,1,6-8,10-11H2,2-4H3. The Balaban J connectivity index is 2.24. The third kappa shape index (κ3) is 2.96. The van der Waals surface area contributed by atoms with E-state index in [1.54, 1.807) is 0 Å². The van der Waals surface area contributed by atoms with Crippen LogP contribution in [0.25, 0.3) is 0 Å². The van der Waals surface area contributed by atoms with Crippen molar-refractivity contribution in [1.29, 1.82) is 0 Å². The maximum atomic E-state index is 11.8. The molecule has 1 saturated heterocycles. The molecule has 0 aliphatic carbocycles. The maximum absolute atomic E-state index is 11.8. The SMILES string of the molecule is C=CCN(Cc1cnc(C)n1C)C1(C)CCS(=O)(=O)C1. The quantitative estimate of drug-likeness (QED) is 0.769. The highest BCUT2D eigenvalue weighted by atomic mass is 32.2. The lowest BCUT2D eigenvalue weighted by Crippen LogP contribution is -2.47. The molecule has 0 spiro atoms. The van der Waals surface area contributed by atoms with Gasteiger partial charge in [0.15, 0.2) is 9.84 Å². The van der Waals surface area contributed by atoms with Gasteiger partial charge >= 0.3 is 0 Å². The van der Waals surface area contributed by atoms with E-state index in [9.17, 15) is 8.42 Å². The monoisotopic (exact) mass is 297 g/mol. The molecule has 1 aliphatic rings. The minimum Gasteiger partial charge on any atom is -0.334 e. The van der Waals surface area contributed by atoms with E-state index in [0.717, 1.165) is 11.5 Å². The van der Waals surface area contributed by atoms with Gasteiger partial charge in [-0.2, -0.15) is 0 Å². The summed E-state index contributed by atoms with van der Waals surface area (Å²) < 4.78 is 25.7. The van der Waals surface area contributed by atoms with Crippen LogP contribution < -0.4 is 0 Å². The first-order valence-corrected chi connectivity index (χ1v) is 8.63. The zero-order chi connectivity index (χ0) is 15.0. The molecule has 0 N–H and O–H groups in total. The van der Waals surface area contributed by atoms with E-state index >= 15 is 0 Å². The molecule has 0 saturated carbocycles. The number of rotatable bonds is 5. The van der Waals surface area contributed by atoms with Crippen molar-refractivity contribution in [2.45, 2.75) is 32.4 Å². The molecular weight excluding hydrogens is 274 g/mol. The highest BCUT2D eigenvalue weighted by Crippen LogP contribution is 2.30. The zero-order valence-corrected chi connectivity index (χ0v) is 13.3. The van der Waals surface area contributed by atoms with Crippen LogP contribution in [0.2, 0.25) is 0 Å². The summed E-state index contributed by atoms with van der Waals surface area (Å²) in [5, 5.41) is 0. The average Bonchev–Trinajstić information content (AvgIpc) is 2.82. The molecule has 112 valence electrons. The average molecular weight is 297 g/mol. The van der Waals surface area contributed by atoms with E-state index in [-0.39, 0.29) is 17.0 Å². The first-order chi connectivity index (χ1) is 9.27. The lowest BCUT2D eigenvalue weighted by atomic mass is 9.99. The molecule has 0 aromatic carbocycles. The van der Waals surface area contributed by atoms with Crippen LogP contribution in [-0.2, 0) is 23.4 Å². The van der Waals surface area contributed by atoms with Gasteiger partial charge in [-0.3, -0.25) is 4.90 Å². The Morgan fingerprint density at radius 1 is 1.60 bits per heavy atom. The summed E-state index contributed by atoms with van der Waals surface area (Å²) in [7, 11) is -0.929. The molecule has 1 atom stereocenters. The first kappa shape index (κ1) is 15.3. The van der Waals surface area contributed by atoms with Crippen molar-refractivity contribution in [2.75, 3.05) is 18.1 Å². The predicted molar refractivity (Wildman–Crippen MR) is 80.2 cm³/mol. The van der Waals surface area contributed by atoms with Crippen molar-refractivity contribution >= 4 is 9.84 Å². The van der Waals surface area contributed by atoms with Gasteiger partial charge in [0.05, 0.1) is 17.2 Å². The van der Waals surface area contributed by atoms with Crippen LogP contribution in [0.4, 0.5) is 0 Å². The molecule has 1 unspecified atom stereocenters. The number of hydrogen-bond acceptors (Lipinski definition) is 4. The lowest BCUT2D eigenvalue weighted by molar-refractivity contribution is 0.130. The molecule has 1 aromatic heterocycles. The Morgan fingerprint density at radius 2 is 2.30 bits per heavy atom. The Hall–Kier alpha value is -1.14. The number of aryl methyl sites for hydroxylation is 1. The Morgan fingerprint density at radius 3 is 2.75 bits per heavy atom. The highest BCUT2D eigenvalue weighted by molar-refractivity contribution is 7.91. The van der Waals surface area contributed by atoms with Crippen LogP contribution in [0.15, 0.2) is 18.9 Å². The number of imidazole rings is 1. The number of sulfone groups is 1. The summed E-state index contributed by atoms with van der Waals surface area (Å²) in [6.45, 7) is 9.16. The fourth-order valence-electron chi connectivity index (χ4n) is 2.77. The molecule has 0 bridgehead atoms. The predicted octanol–water partition coefficient (Wildman–Crippen LogP) is 1.29. The van der Waals surface area contributed by atoms with Gasteiger partial charge in [0, 0.05) is 31.9 Å². The summed E-state index contributed by atoms with van der Waals surface area (Å²) >= 11 is 0. The third-order valence-corrected chi connectivity index (χ3v) is 6.15. The summed E-state index contributed by atoms with van der Waals surface area (Å²) in [5.74, 6) is 1.47. The summed E-state index contributed by atoms with van der Waals surface area (Å²) in [6.07, 6.45) is 4.37. The van der Waals surface area contributed by atoms with E-state index < -0.39 is 9.84 Å². The molecular formula is C14H23N3O2S. The van der Waals surface area contributed by atoms with E-state index in [1.165, 1.54) is 0 Å². The van der Waals surface area contributed by atoms with Crippen LogP contribution in [0.5, 0.6) is 0 Å². The second kappa shape index (κ2) is 5.33. The van der Waals surface area contributed by atoms with E-state index in [4.69, 9.17) is 0 Å². The van der Waals surface area contributed by atoms with Gasteiger partial charge in [0.1, 0.15) is 5.82 Å². The van der Waals surface area contributed by atoms with Crippen molar-refractivity contribution < 1.29 is 8.42 Å². The second-order valence-electron chi connectivity index (χ2n) is 5.86. The molecule has 0 amide bonds. The van der Waals surface area contributed by atoms with Gasteiger partial charge in [-0.1, -0.05) is 6.08 Å². The fraction of sp³-hybridized carbons (Fsp3) is 0.643. The Kier molecular flexibility index (Phi) is 4.07. The molecule has 20 heavy (non-hydrogen) atoms.